The molecule has 1 aromatic rings. The highest BCUT2D eigenvalue weighted by molar-refractivity contribution is 5.96. The molecule has 114 valence electrons. The Morgan fingerprint density at radius 1 is 1.19 bits per heavy atom. The van der Waals surface area contributed by atoms with Gasteiger partial charge in [0, 0.05) is 23.4 Å². The van der Waals surface area contributed by atoms with Crippen molar-refractivity contribution in [1.82, 2.24) is 5.43 Å². The Morgan fingerprint density at radius 3 is 2.33 bits per heavy atom. The van der Waals surface area contributed by atoms with Gasteiger partial charge >= 0.3 is 0 Å². The number of hydrazone groups is 1. The first-order valence-electron chi connectivity index (χ1n) is 7.15. The zero-order valence-electron chi connectivity index (χ0n) is 13.1. The van der Waals surface area contributed by atoms with Gasteiger partial charge in [-0.2, -0.15) is 5.10 Å². The molecule has 5 nitrogen and oxygen atoms in total. The topological polar surface area (TPSA) is 70.6 Å². The Kier molecular flexibility index (Phi) is 6.59. The van der Waals surface area contributed by atoms with Crippen molar-refractivity contribution in [3.63, 3.8) is 0 Å². The summed E-state index contributed by atoms with van der Waals surface area (Å²) in [4.78, 5) is 23.2. The van der Waals surface area contributed by atoms with Crippen LogP contribution in [0.3, 0.4) is 0 Å². The molecule has 2 N–H and O–H groups in total. The molecule has 1 aromatic carbocycles. The minimum Gasteiger partial charge on any atom is -0.326 e. The first-order valence-corrected chi connectivity index (χ1v) is 7.15. The van der Waals surface area contributed by atoms with Crippen LogP contribution in [-0.4, -0.2) is 17.5 Å². The van der Waals surface area contributed by atoms with Crippen LogP contribution in [-0.2, 0) is 4.79 Å². The molecule has 0 unspecified atom stereocenters. The predicted octanol–water partition coefficient (Wildman–Crippen LogP) is 3.19. The van der Waals surface area contributed by atoms with E-state index in [1.165, 1.54) is 0 Å². The van der Waals surface area contributed by atoms with Gasteiger partial charge in [-0.1, -0.05) is 20.8 Å². The molecule has 0 atom stereocenters. The van der Waals surface area contributed by atoms with Crippen molar-refractivity contribution >= 4 is 23.2 Å². The molecular weight excluding hydrogens is 266 g/mol. The van der Waals surface area contributed by atoms with Gasteiger partial charge in [0.2, 0.25) is 5.91 Å². The molecule has 0 aliphatic carbocycles. The lowest BCUT2D eigenvalue weighted by Crippen LogP contribution is -2.19. The average molecular weight is 289 g/mol. The number of carbonyl (C=O) groups excluding carboxylic acids is 2. The van der Waals surface area contributed by atoms with Crippen LogP contribution in [0.1, 0.15) is 50.9 Å². The maximum absolute atomic E-state index is 11.9. The molecule has 0 bridgehead atoms. The van der Waals surface area contributed by atoms with E-state index in [2.05, 4.69) is 29.7 Å². The Hall–Kier alpha value is -2.17. The highest BCUT2D eigenvalue weighted by Gasteiger charge is 2.06. The molecule has 1 rings (SSSR count). The number of rotatable bonds is 6. The van der Waals surface area contributed by atoms with E-state index in [-0.39, 0.29) is 11.8 Å². The summed E-state index contributed by atoms with van der Waals surface area (Å²) in [5.41, 5.74) is 4.61. The van der Waals surface area contributed by atoms with E-state index in [1.54, 1.807) is 31.2 Å². The number of benzene rings is 1. The van der Waals surface area contributed by atoms with Crippen molar-refractivity contribution in [1.29, 1.82) is 0 Å². The third-order valence-electron chi connectivity index (χ3n) is 2.80. The summed E-state index contributed by atoms with van der Waals surface area (Å²) in [6.45, 7) is 7.88. The number of hydrogen-bond acceptors (Lipinski definition) is 3. The average Bonchev–Trinajstić information content (AvgIpc) is 2.44. The second-order valence-corrected chi connectivity index (χ2v) is 5.37. The number of hydrogen-bond donors (Lipinski definition) is 2. The fraction of sp³-hybridized carbons (Fsp3) is 0.438. The van der Waals surface area contributed by atoms with Crippen LogP contribution in [0.15, 0.2) is 29.4 Å². The third-order valence-corrected chi connectivity index (χ3v) is 2.80. The number of nitrogens with zero attached hydrogens (tertiary/aromatic N) is 1. The van der Waals surface area contributed by atoms with Crippen LogP contribution in [0.2, 0.25) is 0 Å². The molecule has 0 saturated carbocycles. The molecule has 0 aliphatic rings. The Bertz CT molecular complexity index is 519. The fourth-order valence-electron chi connectivity index (χ4n) is 1.80. The van der Waals surface area contributed by atoms with Gasteiger partial charge in [0.05, 0.1) is 0 Å². The highest BCUT2D eigenvalue weighted by Crippen LogP contribution is 2.10. The number of carbonyl (C=O) groups is 2. The summed E-state index contributed by atoms with van der Waals surface area (Å²) in [5, 5.41) is 6.80. The maximum atomic E-state index is 11.9. The van der Waals surface area contributed by atoms with Crippen molar-refractivity contribution in [2.24, 2.45) is 11.0 Å². The summed E-state index contributed by atoms with van der Waals surface area (Å²) in [6, 6.07) is 6.72. The SMILES string of the molecule is CCC(=O)Nc1ccc(C(=O)N/N=C(/C)CC(C)C)cc1. The largest absolute Gasteiger partial charge is 0.326 e. The molecule has 0 aliphatic heterocycles. The first-order chi connectivity index (χ1) is 9.92. The molecule has 0 radical (unpaired) electrons. The third kappa shape index (κ3) is 6.21. The van der Waals surface area contributed by atoms with E-state index in [4.69, 9.17) is 0 Å². The number of amides is 2. The lowest BCUT2D eigenvalue weighted by molar-refractivity contribution is -0.115. The number of nitrogens with one attached hydrogen (secondary N) is 2. The van der Waals surface area contributed by atoms with Crippen molar-refractivity contribution in [2.45, 2.75) is 40.5 Å². The second kappa shape index (κ2) is 8.19. The van der Waals surface area contributed by atoms with Crippen LogP contribution >= 0.6 is 0 Å². The summed E-state index contributed by atoms with van der Waals surface area (Å²) in [7, 11) is 0. The summed E-state index contributed by atoms with van der Waals surface area (Å²) < 4.78 is 0. The van der Waals surface area contributed by atoms with E-state index in [1.807, 2.05) is 6.92 Å². The maximum Gasteiger partial charge on any atom is 0.271 e. The zero-order chi connectivity index (χ0) is 15.8. The quantitative estimate of drug-likeness (QED) is 0.623. The summed E-state index contributed by atoms with van der Waals surface area (Å²) in [5.74, 6) is 0.194. The van der Waals surface area contributed by atoms with Gasteiger partial charge < -0.3 is 5.32 Å². The summed E-state index contributed by atoms with van der Waals surface area (Å²) in [6.07, 6.45) is 1.27. The van der Waals surface area contributed by atoms with Crippen LogP contribution < -0.4 is 10.7 Å². The zero-order valence-corrected chi connectivity index (χ0v) is 13.1. The van der Waals surface area contributed by atoms with Crippen molar-refractivity contribution < 1.29 is 9.59 Å². The predicted molar refractivity (Wildman–Crippen MR) is 85.4 cm³/mol. The fourth-order valence-corrected chi connectivity index (χ4v) is 1.80. The van der Waals surface area contributed by atoms with Gasteiger partial charge in [-0.15, -0.1) is 0 Å². The highest BCUT2D eigenvalue weighted by atomic mass is 16.2. The van der Waals surface area contributed by atoms with Gasteiger partial charge in [-0.25, -0.2) is 5.43 Å². The monoisotopic (exact) mass is 289 g/mol. The second-order valence-electron chi connectivity index (χ2n) is 5.37. The standard InChI is InChI=1S/C16H23N3O2/c1-5-15(20)17-14-8-6-13(7-9-14)16(21)19-18-12(4)10-11(2)3/h6-9,11H,5,10H2,1-4H3,(H,17,20)(H,19,21)/b18-12-. The number of anilines is 1. The Balaban J connectivity index is 2.61. The van der Waals surface area contributed by atoms with Gasteiger partial charge in [0.15, 0.2) is 0 Å². The summed E-state index contributed by atoms with van der Waals surface area (Å²) >= 11 is 0. The van der Waals surface area contributed by atoms with Crippen molar-refractivity contribution in [3.8, 4) is 0 Å². The molecule has 5 heteroatoms. The minimum absolute atomic E-state index is 0.0545. The molecule has 21 heavy (non-hydrogen) atoms. The molecule has 0 aromatic heterocycles. The molecule has 2 amide bonds. The van der Waals surface area contributed by atoms with Gasteiger partial charge in [-0.05, 0) is 43.5 Å². The van der Waals surface area contributed by atoms with Crippen LogP contribution in [0.4, 0.5) is 5.69 Å². The van der Waals surface area contributed by atoms with E-state index in [0.29, 0.717) is 23.6 Å². The normalized spacial score (nSPS) is 11.4. The van der Waals surface area contributed by atoms with E-state index >= 15 is 0 Å². The smallest absolute Gasteiger partial charge is 0.271 e. The first kappa shape index (κ1) is 16.9. The Morgan fingerprint density at radius 2 is 1.81 bits per heavy atom. The van der Waals surface area contributed by atoms with Crippen molar-refractivity contribution in [3.05, 3.63) is 29.8 Å². The van der Waals surface area contributed by atoms with Crippen LogP contribution in [0, 0.1) is 5.92 Å². The van der Waals surface area contributed by atoms with Gasteiger partial charge in [-0.3, -0.25) is 9.59 Å². The van der Waals surface area contributed by atoms with E-state index < -0.39 is 0 Å². The van der Waals surface area contributed by atoms with Crippen LogP contribution in [0.5, 0.6) is 0 Å². The minimum atomic E-state index is -0.258. The van der Waals surface area contributed by atoms with Gasteiger partial charge in [0.1, 0.15) is 0 Å². The van der Waals surface area contributed by atoms with Gasteiger partial charge in [0.25, 0.3) is 5.91 Å². The van der Waals surface area contributed by atoms with Crippen LogP contribution in [0.25, 0.3) is 0 Å². The molecule has 0 heterocycles. The lowest BCUT2D eigenvalue weighted by Gasteiger charge is -2.06. The molecule has 0 saturated heterocycles. The molecular formula is C16H23N3O2. The van der Waals surface area contributed by atoms with E-state index in [9.17, 15) is 9.59 Å². The molecule has 0 fully saturated rings. The van der Waals surface area contributed by atoms with E-state index in [0.717, 1.165) is 12.1 Å². The lowest BCUT2D eigenvalue weighted by atomic mass is 10.1. The van der Waals surface area contributed by atoms with Crippen molar-refractivity contribution in [2.75, 3.05) is 5.32 Å². The Labute approximate surface area is 125 Å². The molecule has 0 spiro atoms.